The van der Waals surface area contributed by atoms with E-state index in [1.165, 1.54) is 11.2 Å². The topological polar surface area (TPSA) is 63.1 Å². The molecule has 2 aromatic heterocycles. The Morgan fingerprint density at radius 1 is 1.60 bits per heavy atom. The summed E-state index contributed by atoms with van der Waals surface area (Å²) >= 11 is 1.66. The summed E-state index contributed by atoms with van der Waals surface area (Å²) in [5.41, 5.74) is 0. The van der Waals surface area contributed by atoms with E-state index in [4.69, 9.17) is 0 Å². The molecule has 0 saturated heterocycles. The molecule has 0 aromatic carbocycles. The molecule has 6 nitrogen and oxygen atoms in total. The zero-order chi connectivity index (χ0) is 14.4. The average molecular weight is 293 g/mol. The molecule has 1 atom stereocenters. The Bertz CT molecular complexity index is 511. The first kappa shape index (κ1) is 14.5. The first-order chi connectivity index (χ1) is 9.68. The van der Waals surface area contributed by atoms with Gasteiger partial charge in [-0.25, -0.2) is 9.78 Å². The molecule has 0 fully saturated rings. The van der Waals surface area contributed by atoms with Crippen LogP contribution in [0.3, 0.4) is 0 Å². The van der Waals surface area contributed by atoms with Crippen LogP contribution in [-0.4, -0.2) is 39.3 Å². The summed E-state index contributed by atoms with van der Waals surface area (Å²) in [6, 6.07) is 4.08. The number of nitrogens with zero attached hydrogens (tertiary/aromatic N) is 4. The summed E-state index contributed by atoms with van der Waals surface area (Å²) in [7, 11) is 1.82. The summed E-state index contributed by atoms with van der Waals surface area (Å²) in [4.78, 5) is 18.8. The Hall–Kier alpha value is -1.89. The summed E-state index contributed by atoms with van der Waals surface area (Å²) in [5.74, 6) is 0. The van der Waals surface area contributed by atoms with Crippen LogP contribution < -0.4 is 5.32 Å². The van der Waals surface area contributed by atoms with Crippen LogP contribution in [0, 0.1) is 0 Å². The zero-order valence-corrected chi connectivity index (χ0v) is 12.5. The van der Waals surface area contributed by atoms with Crippen molar-refractivity contribution in [2.24, 2.45) is 0 Å². The minimum Gasteiger partial charge on any atom is -0.338 e. The third-order valence-corrected chi connectivity index (χ3v) is 4.21. The molecule has 0 radical (unpaired) electrons. The molecule has 0 saturated carbocycles. The Balaban J connectivity index is 1.71. The van der Waals surface area contributed by atoms with Crippen LogP contribution in [0.2, 0.25) is 0 Å². The molecule has 2 aromatic rings. The van der Waals surface area contributed by atoms with Crippen molar-refractivity contribution in [3.8, 4) is 0 Å². The van der Waals surface area contributed by atoms with Crippen LogP contribution in [0.15, 0.2) is 30.2 Å². The predicted octanol–water partition coefficient (Wildman–Crippen LogP) is 2.13. The lowest BCUT2D eigenvalue weighted by Crippen LogP contribution is -2.39. The maximum absolute atomic E-state index is 12.0. The molecule has 2 rings (SSSR count). The quantitative estimate of drug-likeness (QED) is 0.830. The first-order valence-corrected chi connectivity index (χ1v) is 7.43. The number of aryl methyl sites for hydroxylation is 1. The van der Waals surface area contributed by atoms with E-state index in [0.29, 0.717) is 6.54 Å². The van der Waals surface area contributed by atoms with E-state index >= 15 is 0 Å². The monoisotopic (exact) mass is 293 g/mol. The number of carbonyl (C=O) groups is 1. The van der Waals surface area contributed by atoms with Crippen LogP contribution in [0.25, 0.3) is 0 Å². The highest BCUT2D eigenvalue weighted by Crippen LogP contribution is 2.23. The summed E-state index contributed by atoms with van der Waals surface area (Å²) in [5, 5.41) is 8.96. The molecule has 0 aliphatic carbocycles. The minimum atomic E-state index is -0.0514. The van der Waals surface area contributed by atoms with Crippen molar-refractivity contribution in [3.63, 3.8) is 0 Å². The van der Waals surface area contributed by atoms with E-state index in [1.807, 2.05) is 31.5 Å². The maximum atomic E-state index is 12.0. The molecule has 108 valence electrons. The molecule has 2 heterocycles. The summed E-state index contributed by atoms with van der Waals surface area (Å²) in [6.45, 7) is 3.41. The Kier molecular flexibility index (Phi) is 5.11. The number of thiophene rings is 1. The van der Waals surface area contributed by atoms with Gasteiger partial charge >= 0.3 is 6.03 Å². The van der Waals surface area contributed by atoms with E-state index in [9.17, 15) is 4.79 Å². The molecular weight excluding hydrogens is 274 g/mol. The molecule has 0 aliphatic heterocycles. The van der Waals surface area contributed by atoms with Gasteiger partial charge in [-0.2, -0.15) is 5.10 Å². The first-order valence-electron chi connectivity index (χ1n) is 6.55. The van der Waals surface area contributed by atoms with Crippen molar-refractivity contribution < 1.29 is 4.79 Å². The van der Waals surface area contributed by atoms with E-state index in [0.717, 1.165) is 13.0 Å². The number of urea groups is 1. The van der Waals surface area contributed by atoms with Gasteiger partial charge in [-0.3, -0.25) is 4.68 Å². The average Bonchev–Trinajstić information content (AvgIpc) is 3.14. The lowest BCUT2D eigenvalue weighted by Gasteiger charge is -2.24. The number of aromatic nitrogens is 3. The van der Waals surface area contributed by atoms with E-state index in [1.54, 1.807) is 27.2 Å². The summed E-state index contributed by atoms with van der Waals surface area (Å²) in [6.07, 6.45) is 4.01. The van der Waals surface area contributed by atoms with Crippen LogP contribution in [0.5, 0.6) is 0 Å². The van der Waals surface area contributed by atoms with Gasteiger partial charge in [0.05, 0.1) is 6.04 Å². The van der Waals surface area contributed by atoms with Crippen molar-refractivity contribution in [1.29, 1.82) is 0 Å². The standard InChI is InChI=1S/C13H19N5OS/c1-11(12-5-3-8-20-12)17(2)13(19)15-6-4-7-18-10-14-9-16-18/h3,5,8-11H,4,6-7H2,1-2H3,(H,15,19)/t11-/m0/s1. The van der Waals surface area contributed by atoms with Crippen LogP contribution in [-0.2, 0) is 6.54 Å². The van der Waals surface area contributed by atoms with Crippen molar-refractivity contribution in [2.45, 2.75) is 25.9 Å². The fraction of sp³-hybridized carbons (Fsp3) is 0.462. The number of rotatable bonds is 6. The SMILES string of the molecule is C[C@@H](c1cccs1)N(C)C(=O)NCCCn1cncn1. The molecule has 2 amide bonds. The molecule has 0 spiro atoms. The molecule has 0 bridgehead atoms. The molecule has 0 aliphatic rings. The van der Waals surface area contributed by atoms with Gasteiger partial charge in [0.15, 0.2) is 0 Å². The third kappa shape index (κ3) is 3.80. The van der Waals surface area contributed by atoms with Gasteiger partial charge in [0.1, 0.15) is 12.7 Å². The van der Waals surface area contributed by atoms with Crippen molar-refractivity contribution in [2.75, 3.05) is 13.6 Å². The lowest BCUT2D eigenvalue weighted by atomic mass is 10.2. The molecular formula is C13H19N5OS. The maximum Gasteiger partial charge on any atom is 0.317 e. The largest absolute Gasteiger partial charge is 0.338 e. The van der Waals surface area contributed by atoms with Gasteiger partial charge in [0, 0.05) is 25.0 Å². The number of nitrogens with one attached hydrogen (secondary N) is 1. The number of amides is 2. The zero-order valence-electron chi connectivity index (χ0n) is 11.7. The normalized spacial score (nSPS) is 12.1. The van der Waals surface area contributed by atoms with Crippen molar-refractivity contribution in [1.82, 2.24) is 25.0 Å². The Morgan fingerprint density at radius 3 is 3.10 bits per heavy atom. The van der Waals surface area contributed by atoms with E-state index in [2.05, 4.69) is 15.4 Å². The third-order valence-electron chi connectivity index (χ3n) is 3.16. The number of carbonyl (C=O) groups excluding carboxylic acids is 1. The second-order valence-electron chi connectivity index (χ2n) is 4.55. The number of hydrogen-bond acceptors (Lipinski definition) is 4. The van der Waals surface area contributed by atoms with Crippen LogP contribution in [0.1, 0.15) is 24.3 Å². The Labute approximate surface area is 122 Å². The second-order valence-corrected chi connectivity index (χ2v) is 5.53. The molecule has 20 heavy (non-hydrogen) atoms. The molecule has 7 heteroatoms. The van der Waals surface area contributed by atoms with E-state index in [-0.39, 0.29) is 12.1 Å². The van der Waals surface area contributed by atoms with Gasteiger partial charge < -0.3 is 10.2 Å². The highest BCUT2D eigenvalue weighted by Gasteiger charge is 2.17. The molecule has 0 unspecified atom stereocenters. The summed E-state index contributed by atoms with van der Waals surface area (Å²) < 4.78 is 1.75. The van der Waals surface area contributed by atoms with Gasteiger partial charge in [-0.15, -0.1) is 11.3 Å². The Morgan fingerprint density at radius 2 is 2.45 bits per heavy atom. The van der Waals surface area contributed by atoms with Gasteiger partial charge in [0.25, 0.3) is 0 Å². The van der Waals surface area contributed by atoms with Crippen molar-refractivity contribution >= 4 is 17.4 Å². The number of hydrogen-bond donors (Lipinski definition) is 1. The minimum absolute atomic E-state index is 0.0514. The fourth-order valence-corrected chi connectivity index (χ4v) is 2.63. The highest BCUT2D eigenvalue weighted by atomic mass is 32.1. The predicted molar refractivity (Wildman–Crippen MR) is 78.5 cm³/mol. The van der Waals surface area contributed by atoms with Crippen molar-refractivity contribution in [3.05, 3.63) is 35.0 Å². The second kappa shape index (κ2) is 7.04. The fourth-order valence-electron chi connectivity index (χ4n) is 1.81. The highest BCUT2D eigenvalue weighted by molar-refractivity contribution is 7.10. The lowest BCUT2D eigenvalue weighted by molar-refractivity contribution is 0.195. The van der Waals surface area contributed by atoms with Gasteiger partial charge in [-0.05, 0) is 24.8 Å². The van der Waals surface area contributed by atoms with Gasteiger partial charge in [0.2, 0.25) is 0 Å². The van der Waals surface area contributed by atoms with Crippen LogP contribution in [0.4, 0.5) is 4.79 Å². The van der Waals surface area contributed by atoms with Crippen LogP contribution >= 0.6 is 11.3 Å². The van der Waals surface area contributed by atoms with Gasteiger partial charge in [-0.1, -0.05) is 6.07 Å². The smallest absolute Gasteiger partial charge is 0.317 e. The van der Waals surface area contributed by atoms with E-state index < -0.39 is 0 Å². The molecule has 1 N–H and O–H groups in total.